The fourth-order valence-electron chi connectivity index (χ4n) is 1.18. The molecule has 86 valence electrons. The quantitative estimate of drug-likeness (QED) is 0.731. The first kappa shape index (κ1) is 12.4. The maximum Gasteiger partial charge on any atom is 0.155 e. The molecule has 0 aliphatic rings. The van der Waals surface area contributed by atoms with Crippen LogP contribution in [-0.4, -0.2) is 14.6 Å². The number of hydrogen-bond acceptors (Lipinski definition) is 2. The van der Waals surface area contributed by atoms with Gasteiger partial charge in [-0.1, -0.05) is 26.3 Å². The van der Waals surface area contributed by atoms with Crippen molar-refractivity contribution < 1.29 is 0 Å². The van der Waals surface area contributed by atoms with Gasteiger partial charge in [-0.15, -0.1) is 0 Å². The van der Waals surface area contributed by atoms with Crippen LogP contribution in [0.5, 0.6) is 0 Å². The molecule has 0 aliphatic carbocycles. The van der Waals surface area contributed by atoms with Crippen molar-refractivity contribution in [3.63, 3.8) is 0 Å². The third kappa shape index (κ3) is 2.92. The minimum atomic E-state index is 0.888. The molecular formula is C13H19N3. The van der Waals surface area contributed by atoms with Crippen molar-refractivity contribution >= 4 is 11.2 Å². The lowest BCUT2D eigenvalue weighted by Crippen LogP contribution is -1.92. The second-order valence-electron chi connectivity index (χ2n) is 3.63. The predicted molar refractivity (Wildman–Crippen MR) is 68.3 cm³/mol. The average Bonchev–Trinajstić information content (AvgIpc) is 2.75. The Morgan fingerprint density at radius 2 is 2.06 bits per heavy atom. The van der Waals surface area contributed by atoms with Crippen molar-refractivity contribution in [2.45, 2.75) is 34.1 Å². The maximum atomic E-state index is 4.44. The molecule has 2 aromatic rings. The molecule has 2 aromatic heterocycles. The summed E-state index contributed by atoms with van der Waals surface area (Å²) in [5, 5.41) is 4.08. The van der Waals surface area contributed by atoms with Crippen molar-refractivity contribution in [1.82, 2.24) is 14.6 Å². The van der Waals surface area contributed by atoms with Gasteiger partial charge in [-0.3, -0.25) is 0 Å². The molecule has 3 nitrogen and oxygen atoms in total. The molecule has 16 heavy (non-hydrogen) atoms. The summed E-state index contributed by atoms with van der Waals surface area (Å²) in [4.78, 5) is 4.44. The minimum Gasteiger partial charge on any atom is -0.229 e. The SMILES string of the molecule is C/C=C(\C)c1ccn2nccc2n1.CCC. The molecule has 0 atom stereocenters. The fraction of sp³-hybridized carbons (Fsp3) is 0.385. The van der Waals surface area contributed by atoms with E-state index in [0.29, 0.717) is 0 Å². The van der Waals surface area contributed by atoms with Crippen LogP contribution >= 0.6 is 0 Å². The van der Waals surface area contributed by atoms with Crippen LogP contribution in [0, 0.1) is 0 Å². The monoisotopic (exact) mass is 217 g/mol. The fourth-order valence-corrected chi connectivity index (χ4v) is 1.18. The third-order valence-electron chi connectivity index (χ3n) is 2.10. The molecule has 0 aromatic carbocycles. The molecule has 0 amide bonds. The largest absolute Gasteiger partial charge is 0.229 e. The van der Waals surface area contributed by atoms with Gasteiger partial charge < -0.3 is 0 Å². The molecule has 0 bridgehead atoms. The van der Waals surface area contributed by atoms with E-state index in [9.17, 15) is 0 Å². The first-order valence-corrected chi connectivity index (χ1v) is 5.66. The molecule has 0 saturated heterocycles. The van der Waals surface area contributed by atoms with Crippen LogP contribution in [0.15, 0.2) is 30.6 Å². The normalized spacial score (nSPS) is 11.1. The van der Waals surface area contributed by atoms with Crippen molar-refractivity contribution in [1.29, 1.82) is 0 Å². The summed E-state index contributed by atoms with van der Waals surface area (Å²) < 4.78 is 1.76. The molecule has 0 fully saturated rings. The van der Waals surface area contributed by atoms with Crippen LogP contribution in [-0.2, 0) is 0 Å². The molecule has 0 saturated carbocycles. The number of fused-ring (bicyclic) bond motifs is 1. The predicted octanol–water partition coefficient (Wildman–Crippen LogP) is 3.57. The minimum absolute atomic E-state index is 0.888. The van der Waals surface area contributed by atoms with Crippen LogP contribution in [0.2, 0.25) is 0 Å². The van der Waals surface area contributed by atoms with E-state index < -0.39 is 0 Å². The number of nitrogens with zero attached hydrogens (tertiary/aromatic N) is 3. The van der Waals surface area contributed by atoms with Crippen molar-refractivity contribution in [3.8, 4) is 0 Å². The Labute approximate surface area is 96.8 Å². The summed E-state index contributed by atoms with van der Waals surface area (Å²) >= 11 is 0. The Morgan fingerprint density at radius 3 is 2.69 bits per heavy atom. The lowest BCUT2D eigenvalue weighted by molar-refractivity contribution is 0.935. The summed E-state index contributed by atoms with van der Waals surface area (Å²) in [6.07, 6.45) is 6.97. The van der Waals surface area contributed by atoms with E-state index in [1.807, 2.05) is 25.3 Å². The number of allylic oxidation sites excluding steroid dienone is 2. The highest BCUT2D eigenvalue weighted by atomic mass is 15.2. The Bertz CT molecular complexity index is 469. The summed E-state index contributed by atoms with van der Waals surface area (Å²) in [5.74, 6) is 0. The molecular weight excluding hydrogens is 198 g/mol. The van der Waals surface area contributed by atoms with Gasteiger partial charge in [0.2, 0.25) is 0 Å². The van der Waals surface area contributed by atoms with E-state index in [1.54, 1.807) is 10.7 Å². The van der Waals surface area contributed by atoms with Gasteiger partial charge in [-0.05, 0) is 25.5 Å². The van der Waals surface area contributed by atoms with Crippen LogP contribution < -0.4 is 0 Å². The Morgan fingerprint density at radius 1 is 1.38 bits per heavy atom. The molecule has 3 heteroatoms. The van der Waals surface area contributed by atoms with E-state index >= 15 is 0 Å². The third-order valence-corrected chi connectivity index (χ3v) is 2.10. The van der Waals surface area contributed by atoms with Crippen LogP contribution in [0.4, 0.5) is 0 Å². The van der Waals surface area contributed by atoms with E-state index in [0.717, 1.165) is 11.3 Å². The standard InChI is InChI=1S/C10H11N3.C3H8/c1-3-8(2)9-5-7-13-10(12-9)4-6-11-13;1-3-2/h3-7H,1-2H3;3H2,1-2H3/b8-3+;. The average molecular weight is 217 g/mol. The zero-order valence-electron chi connectivity index (χ0n) is 10.4. The van der Waals surface area contributed by atoms with Crippen molar-refractivity contribution in [2.24, 2.45) is 0 Å². The number of hydrogen-bond donors (Lipinski definition) is 0. The zero-order chi connectivity index (χ0) is 12.0. The molecule has 2 rings (SSSR count). The highest BCUT2D eigenvalue weighted by Gasteiger charge is 1.98. The van der Waals surface area contributed by atoms with Crippen LogP contribution in [0.3, 0.4) is 0 Å². The molecule has 2 heterocycles. The van der Waals surface area contributed by atoms with Gasteiger partial charge in [0.1, 0.15) is 0 Å². The van der Waals surface area contributed by atoms with E-state index in [2.05, 4.69) is 36.9 Å². The first-order chi connectivity index (χ1) is 7.72. The second-order valence-corrected chi connectivity index (χ2v) is 3.63. The Balaban J connectivity index is 0.000000386. The lowest BCUT2D eigenvalue weighted by atomic mass is 10.2. The first-order valence-electron chi connectivity index (χ1n) is 5.66. The van der Waals surface area contributed by atoms with Gasteiger partial charge in [0.05, 0.1) is 11.9 Å². The molecule has 0 radical (unpaired) electrons. The van der Waals surface area contributed by atoms with Gasteiger partial charge in [0.25, 0.3) is 0 Å². The van der Waals surface area contributed by atoms with E-state index in [1.165, 1.54) is 12.0 Å². The van der Waals surface area contributed by atoms with Gasteiger partial charge in [0.15, 0.2) is 5.65 Å². The Hall–Kier alpha value is -1.64. The summed E-state index contributed by atoms with van der Waals surface area (Å²) in [6.45, 7) is 8.31. The van der Waals surface area contributed by atoms with Gasteiger partial charge in [-0.2, -0.15) is 5.10 Å². The van der Waals surface area contributed by atoms with Crippen molar-refractivity contribution in [3.05, 3.63) is 36.3 Å². The molecule has 0 N–H and O–H groups in total. The van der Waals surface area contributed by atoms with E-state index in [4.69, 9.17) is 0 Å². The second kappa shape index (κ2) is 6.05. The zero-order valence-corrected chi connectivity index (χ0v) is 10.4. The van der Waals surface area contributed by atoms with Crippen molar-refractivity contribution in [2.75, 3.05) is 0 Å². The number of rotatable bonds is 1. The topological polar surface area (TPSA) is 30.2 Å². The molecule has 0 spiro atoms. The van der Waals surface area contributed by atoms with Gasteiger partial charge in [-0.25, -0.2) is 9.50 Å². The lowest BCUT2D eigenvalue weighted by Gasteiger charge is -1.99. The highest BCUT2D eigenvalue weighted by molar-refractivity contribution is 5.61. The Kier molecular flexibility index (Phi) is 4.70. The maximum absolute atomic E-state index is 4.44. The van der Waals surface area contributed by atoms with Crippen LogP contribution in [0.1, 0.15) is 39.8 Å². The van der Waals surface area contributed by atoms with Gasteiger partial charge in [0, 0.05) is 12.3 Å². The number of aromatic nitrogens is 3. The smallest absolute Gasteiger partial charge is 0.155 e. The van der Waals surface area contributed by atoms with E-state index in [-0.39, 0.29) is 0 Å². The van der Waals surface area contributed by atoms with Gasteiger partial charge >= 0.3 is 0 Å². The molecule has 0 unspecified atom stereocenters. The highest BCUT2D eigenvalue weighted by Crippen LogP contribution is 2.10. The summed E-state index contributed by atoms with van der Waals surface area (Å²) in [7, 11) is 0. The van der Waals surface area contributed by atoms with Crippen LogP contribution in [0.25, 0.3) is 11.2 Å². The molecule has 0 aliphatic heterocycles. The summed E-state index contributed by atoms with van der Waals surface area (Å²) in [6, 6.07) is 3.86. The summed E-state index contributed by atoms with van der Waals surface area (Å²) in [5.41, 5.74) is 3.08.